The molecule has 11 nitrogen and oxygen atoms in total. The summed E-state index contributed by atoms with van der Waals surface area (Å²) in [4.78, 5) is 21.9. The normalized spacial score (nSPS) is 32.7. The molecule has 1 saturated carbocycles. The molecule has 4 aliphatic heterocycles. The van der Waals surface area contributed by atoms with E-state index >= 15 is 0 Å². The Balaban J connectivity index is 0.973. The molecule has 0 aromatic heterocycles. The summed E-state index contributed by atoms with van der Waals surface area (Å²) in [7, 11) is 0. The first-order valence-corrected chi connectivity index (χ1v) is 25.2. The number of hydrogen-bond acceptors (Lipinski definition) is 11. The van der Waals surface area contributed by atoms with Crippen LogP contribution < -0.4 is 52.7 Å². The SMILES string of the molecule is CCC(CNC([I-]c1ccc(C2=NC(CC3NCCO3)C3NNC(C)N3C3SC(C)C(C)C23)cc1)C(C)CC)C(=O)NC1CCC(Oc2ccc(C#N)c(Cl)c2)CC1. The molecule has 0 spiro atoms. The summed E-state index contributed by atoms with van der Waals surface area (Å²) in [5.74, 6) is 2.09. The van der Waals surface area contributed by atoms with Crippen molar-refractivity contribution >= 4 is 35.0 Å². The number of benzene rings is 2. The van der Waals surface area contributed by atoms with Crippen LogP contribution >= 0.6 is 23.4 Å². The fourth-order valence-corrected chi connectivity index (χ4v) is 14.3. The molecular formula is C44H63ClIN8O3S-. The molecule has 0 radical (unpaired) electrons. The number of nitrogens with zero attached hydrogens (tertiary/aromatic N) is 3. The monoisotopic (exact) mass is 945 g/mol. The molecule has 0 bridgehead atoms. The average Bonchev–Trinajstić information content (AvgIpc) is 3.93. The third kappa shape index (κ3) is 10.2. The average molecular weight is 946 g/mol. The van der Waals surface area contributed by atoms with E-state index in [9.17, 15) is 4.79 Å². The van der Waals surface area contributed by atoms with E-state index < -0.39 is 0 Å². The summed E-state index contributed by atoms with van der Waals surface area (Å²) in [5.41, 5.74) is 10.1. The molecule has 58 heavy (non-hydrogen) atoms. The van der Waals surface area contributed by atoms with Gasteiger partial charge in [-0.2, -0.15) is 5.26 Å². The number of halogens is 2. The van der Waals surface area contributed by atoms with Gasteiger partial charge in [0, 0.05) is 6.07 Å². The van der Waals surface area contributed by atoms with E-state index in [1.54, 1.807) is 18.2 Å². The molecule has 7 rings (SSSR count). The van der Waals surface area contributed by atoms with Gasteiger partial charge in [-0.15, -0.1) is 0 Å². The summed E-state index contributed by atoms with van der Waals surface area (Å²) in [5, 5.41) is 21.3. The fraction of sp³-hybridized carbons (Fsp3) is 0.659. The van der Waals surface area contributed by atoms with E-state index in [1.807, 2.05) is 0 Å². The Morgan fingerprint density at radius 2 is 1.90 bits per heavy atom. The molecule has 14 heteroatoms. The number of hydrogen-bond donors (Lipinski definition) is 5. The summed E-state index contributed by atoms with van der Waals surface area (Å²) in [6.45, 7) is 16.1. The van der Waals surface area contributed by atoms with Crippen molar-refractivity contribution in [2.24, 2.45) is 28.7 Å². The minimum atomic E-state index is -0.367. The second kappa shape index (κ2) is 20.2. The van der Waals surface area contributed by atoms with Gasteiger partial charge in [-0.25, -0.2) is 0 Å². The Hall–Kier alpha value is -2.00. The molecule has 4 fully saturated rings. The van der Waals surface area contributed by atoms with Crippen molar-refractivity contribution in [3.05, 3.63) is 62.2 Å². The molecule has 2 aromatic carbocycles. The number of thioether (sulfide) groups is 1. The van der Waals surface area contributed by atoms with Crippen molar-refractivity contribution < 1.29 is 35.5 Å². The zero-order valence-electron chi connectivity index (χ0n) is 34.8. The van der Waals surface area contributed by atoms with Crippen LogP contribution in [0.4, 0.5) is 0 Å². The van der Waals surface area contributed by atoms with E-state index in [2.05, 4.69) is 115 Å². The molecule has 1 amide bonds. The Kier molecular flexibility index (Phi) is 15.4. The van der Waals surface area contributed by atoms with Crippen molar-refractivity contribution in [3.63, 3.8) is 0 Å². The molecule has 318 valence electrons. The van der Waals surface area contributed by atoms with Crippen LogP contribution in [-0.2, 0) is 9.53 Å². The molecule has 11 atom stereocenters. The van der Waals surface area contributed by atoms with Gasteiger partial charge in [0.1, 0.15) is 6.07 Å². The predicted molar refractivity (Wildman–Crippen MR) is 229 cm³/mol. The topological polar surface area (TPSA) is 135 Å². The molecule has 1 aliphatic carbocycles. The number of fused-ring (bicyclic) bond motifs is 3. The van der Waals surface area contributed by atoms with Gasteiger partial charge >= 0.3 is 316 Å². The van der Waals surface area contributed by atoms with Crippen molar-refractivity contribution in [1.82, 2.24) is 31.7 Å². The zero-order valence-corrected chi connectivity index (χ0v) is 38.6. The van der Waals surface area contributed by atoms with Crippen molar-refractivity contribution in [1.29, 1.82) is 5.26 Å². The van der Waals surface area contributed by atoms with Gasteiger partial charge in [0.2, 0.25) is 0 Å². The van der Waals surface area contributed by atoms with Crippen LogP contribution in [0.2, 0.25) is 5.02 Å². The molecule has 2 aromatic rings. The van der Waals surface area contributed by atoms with E-state index in [0.29, 0.717) is 55.3 Å². The van der Waals surface area contributed by atoms with Crippen LogP contribution in [0.3, 0.4) is 0 Å². The van der Waals surface area contributed by atoms with Crippen LogP contribution in [0.5, 0.6) is 5.75 Å². The Labute approximate surface area is 365 Å². The van der Waals surface area contributed by atoms with Crippen LogP contribution in [0.15, 0.2) is 47.5 Å². The van der Waals surface area contributed by atoms with Gasteiger partial charge in [-0.1, -0.05) is 11.6 Å². The van der Waals surface area contributed by atoms with Gasteiger partial charge in [-0.3, -0.25) is 0 Å². The number of hydrazine groups is 1. The van der Waals surface area contributed by atoms with E-state index in [-0.39, 0.29) is 69.8 Å². The molecule has 11 unspecified atom stereocenters. The van der Waals surface area contributed by atoms with Crippen molar-refractivity contribution in [2.75, 3.05) is 19.7 Å². The number of carbonyl (C=O) groups is 1. The van der Waals surface area contributed by atoms with Gasteiger partial charge in [-0.05, 0) is 12.1 Å². The van der Waals surface area contributed by atoms with Crippen LogP contribution in [0.1, 0.15) is 97.6 Å². The first kappa shape index (κ1) is 44.1. The summed E-state index contributed by atoms with van der Waals surface area (Å²) < 4.78 is 14.0. The third-order valence-corrected chi connectivity index (χ3v) is 18.8. The summed E-state index contributed by atoms with van der Waals surface area (Å²) in [6, 6.07) is 16.9. The first-order chi connectivity index (χ1) is 28.1. The van der Waals surface area contributed by atoms with Crippen molar-refractivity contribution in [2.45, 2.75) is 138 Å². The quantitative estimate of drug-likeness (QED) is 0.103. The Morgan fingerprint density at radius 3 is 2.57 bits per heavy atom. The van der Waals surface area contributed by atoms with Crippen LogP contribution in [-0.4, -0.2) is 87.6 Å². The number of rotatable bonds is 15. The second-order valence-electron chi connectivity index (χ2n) is 16.9. The standard InChI is InChI=1S/C44H63ClIN8O3S/c1-7-25(3)41(49-24-29(8-2)43(55)50-33-14-17-34(18-15-33)57-35-16-11-31(23-47)36(45)21-35)46-32-12-9-30(10-13-32)40-39-26(4)27(5)58-44(39)54-28(6)52-53-42(54)37(51-40)22-38-48-19-20-56-38/h9-13,16,21,25-29,33-34,37-39,41-42,44,48-49,52-53H,7-8,14-15,17-20,22,24H2,1-6H3,(H,50,55)/q-1. The number of carbonyl (C=O) groups excluding carboxylic acids is 1. The number of aliphatic imine (C=N–C) groups is 1. The molecule has 4 heterocycles. The zero-order chi connectivity index (χ0) is 40.9. The summed E-state index contributed by atoms with van der Waals surface area (Å²) in [6.07, 6.45) is 6.62. The van der Waals surface area contributed by atoms with Gasteiger partial charge < -0.3 is 0 Å². The molecule has 3 saturated heterocycles. The van der Waals surface area contributed by atoms with E-state index in [0.717, 1.165) is 58.1 Å². The summed E-state index contributed by atoms with van der Waals surface area (Å²) >= 11 is 7.95. The maximum absolute atomic E-state index is 13.6. The second-order valence-corrected chi connectivity index (χ2v) is 22.0. The van der Waals surface area contributed by atoms with Crippen LogP contribution in [0, 0.1) is 38.6 Å². The number of alkyl halides is 1. The number of nitriles is 1. The predicted octanol–water partition coefficient (Wildman–Crippen LogP) is 3.27. The van der Waals surface area contributed by atoms with Gasteiger partial charge in [0.15, 0.2) is 0 Å². The maximum atomic E-state index is 13.6. The molecule has 5 N–H and O–H groups in total. The van der Waals surface area contributed by atoms with Crippen molar-refractivity contribution in [3.8, 4) is 11.8 Å². The minimum absolute atomic E-state index is 0.0231. The first-order valence-electron chi connectivity index (χ1n) is 21.6. The number of amides is 1. The van der Waals surface area contributed by atoms with Gasteiger partial charge in [0.25, 0.3) is 0 Å². The molecule has 5 aliphatic rings. The third-order valence-electron chi connectivity index (χ3n) is 13.0. The van der Waals surface area contributed by atoms with Gasteiger partial charge in [0.05, 0.1) is 10.6 Å². The van der Waals surface area contributed by atoms with E-state index in [1.165, 1.54) is 14.8 Å². The number of ether oxygens (including phenoxy) is 2. The Morgan fingerprint density at radius 1 is 1.12 bits per heavy atom. The molecular weight excluding hydrogens is 883 g/mol. The fourth-order valence-electron chi connectivity index (χ4n) is 9.08. The Bertz CT molecular complexity index is 1770. The van der Waals surface area contributed by atoms with Crippen LogP contribution in [0.25, 0.3) is 0 Å². The van der Waals surface area contributed by atoms with E-state index in [4.69, 9.17) is 31.3 Å². The number of nitrogens with one attached hydrogen (secondary N) is 5.